The van der Waals surface area contributed by atoms with E-state index >= 15 is 0 Å². The summed E-state index contributed by atoms with van der Waals surface area (Å²) in [4.78, 5) is 0. The number of aryl methyl sites for hydroxylation is 1. The molecule has 0 aliphatic heterocycles. The molecule has 15 heavy (non-hydrogen) atoms. The smallest absolute Gasteiger partial charge is 0.210 e. The maximum Gasteiger partial charge on any atom is 0.210 e. The van der Waals surface area contributed by atoms with Gasteiger partial charge in [-0.05, 0) is 24.6 Å². The van der Waals surface area contributed by atoms with Crippen LogP contribution in [0.25, 0.3) is 0 Å². The topological polar surface area (TPSA) is 72.2 Å². The molecule has 3 N–H and O–H groups in total. The molecule has 0 saturated carbocycles. The van der Waals surface area contributed by atoms with Gasteiger partial charge in [-0.1, -0.05) is 22.0 Å². The van der Waals surface area contributed by atoms with Gasteiger partial charge >= 0.3 is 0 Å². The lowest BCUT2D eigenvalue weighted by Gasteiger charge is -2.06. The second-order valence-corrected chi connectivity index (χ2v) is 5.85. The molecular formula is C9H13BrN2O2S. The molecule has 1 aromatic carbocycles. The van der Waals surface area contributed by atoms with E-state index in [1.807, 2.05) is 25.1 Å². The molecule has 0 heterocycles. The van der Waals surface area contributed by atoms with Gasteiger partial charge < -0.3 is 5.32 Å². The summed E-state index contributed by atoms with van der Waals surface area (Å²) in [7, 11) is -3.39. The van der Waals surface area contributed by atoms with Gasteiger partial charge in [0.2, 0.25) is 10.0 Å². The zero-order valence-electron chi connectivity index (χ0n) is 8.33. The number of hydrogen-bond acceptors (Lipinski definition) is 3. The highest BCUT2D eigenvalue weighted by Gasteiger charge is 2.02. The van der Waals surface area contributed by atoms with Crippen LogP contribution in [0, 0.1) is 6.92 Å². The molecule has 0 unspecified atom stereocenters. The van der Waals surface area contributed by atoms with Gasteiger partial charge in [0.25, 0.3) is 0 Å². The van der Waals surface area contributed by atoms with Gasteiger partial charge in [0.1, 0.15) is 0 Å². The van der Waals surface area contributed by atoms with E-state index < -0.39 is 10.0 Å². The van der Waals surface area contributed by atoms with Crippen LogP contribution >= 0.6 is 15.9 Å². The highest BCUT2D eigenvalue weighted by atomic mass is 79.9. The first-order chi connectivity index (χ1) is 6.88. The number of nitrogens with one attached hydrogen (secondary N) is 1. The van der Waals surface area contributed by atoms with Crippen LogP contribution < -0.4 is 10.5 Å². The Morgan fingerprint density at radius 3 is 2.67 bits per heavy atom. The monoisotopic (exact) mass is 292 g/mol. The van der Waals surface area contributed by atoms with Gasteiger partial charge in [-0.15, -0.1) is 0 Å². The van der Waals surface area contributed by atoms with Crippen LogP contribution in [0.15, 0.2) is 22.7 Å². The molecule has 0 fully saturated rings. The van der Waals surface area contributed by atoms with E-state index in [9.17, 15) is 8.42 Å². The molecule has 4 nitrogen and oxygen atoms in total. The second-order valence-electron chi connectivity index (χ2n) is 3.26. The number of sulfonamides is 1. The molecule has 6 heteroatoms. The van der Waals surface area contributed by atoms with Crippen LogP contribution in [0.3, 0.4) is 0 Å². The van der Waals surface area contributed by atoms with Crippen molar-refractivity contribution in [1.29, 1.82) is 0 Å². The molecule has 0 amide bonds. The molecule has 1 rings (SSSR count). The minimum absolute atomic E-state index is 0.0709. The summed E-state index contributed by atoms with van der Waals surface area (Å²) in [5, 5.41) is 7.86. The largest absolute Gasteiger partial charge is 0.384 e. The molecule has 0 atom stereocenters. The summed E-state index contributed by atoms with van der Waals surface area (Å²) in [5.74, 6) is -0.0709. The number of hydrogen-bond donors (Lipinski definition) is 2. The molecular weight excluding hydrogens is 280 g/mol. The van der Waals surface area contributed by atoms with E-state index in [2.05, 4.69) is 21.2 Å². The Morgan fingerprint density at radius 2 is 2.13 bits per heavy atom. The molecule has 0 radical (unpaired) electrons. The average molecular weight is 293 g/mol. The standard InChI is InChI=1S/C9H13BrN2O2S/c1-7-2-3-8(6-9(7)10)12-4-5-15(11,13)14/h2-3,6,12H,4-5H2,1H3,(H2,11,13,14). The zero-order valence-corrected chi connectivity index (χ0v) is 10.7. The Labute approximate surface area is 98.0 Å². The third kappa shape index (κ3) is 4.63. The predicted molar refractivity (Wildman–Crippen MR) is 65.3 cm³/mol. The SMILES string of the molecule is Cc1ccc(NCCS(N)(=O)=O)cc1Br. The van der Waals surface area contributed by atoms with E-state index in [1.165, 1.54) is 0 Å². The van der Waals surface area contributed by atoms with Crippen molar-refractivity contribution in [3.63, 3.8) is 0 Å². The van der Waals surface area contributed by atoms with Crippen molar-refractivity contribution in [2.24, 2.45) is 5.14 Å². The van der Waals surface area contributed by atoms with E-state index in [0.29, 0.717) is 6.54 Å². The van der Waals surface area contributed by atoms with Crippen LogP contribution in [-0.2, 0) is 10.0 Å². The van der Waals surface area contributed by atoms with Crippen LogP contribution in [0.4, 0.5) is 5.69 Å². The fourth-order valence-electron chi connectivity index (χ4n) is 1.04. The Kier molecular flexibility index (Phi) is 4.12. The summed E-state index contributed by atoms with van der Waals surface area (Å²) < 4.78 is 22.3. The number of rotatable bonds is 4. The van der Waals surface area contributed by atoms with Crippen molar-refractivity contribution < 1.29 is 8.42 Å². The van der Waals surface area contributed by atoms with Crippen LogP contribution in [0.5, 0.6) is 0 Å². The highest BCUT2D eigenvalue weighted by Crippen LogP contribution is 2.20. The first-order valence-electron chi connectivity index (χ1n) is 4.39. The second kappa shape index (κ2) is 4.96. The van der Waals surface area contributed by atoms with Crippen molar-refractivity contribution in [3.05, 3.63) is 28.2 Å². The van der Waals surface area contributed by atoms with Crippen molar-refractivity contribution in [3.8, 4) is 0 Å². The van der Waals surface area contributed by atoms with Gasteiger partial charge in [0.05, 0.1) is 5.75 Å². The Hall–Kier alpha value is -0.590. The number of primary sulfonamides is 1. The minimum atomic E-state index is -3.39. The molecule has 84 valence electrons. The maximum atomic E-state index is 10.7. The predicted octanol–water partition coefficient (Wildman–Crippen LogP) is 1.46. The summed E-state index contributed by atoms with van der Waals surface area (Å²) in [6.45, 7) is 2.30. The van der Waals surface area contributed by atoms with Crippen molar-refractivity contribution >= 4 is 31.6 Å². The lowest BCUT2D eigenvalue weighted by molar-refractivity contribution is 0.598. The molecule has 0 aliphatic carbocycles. The quantitative estimate of drug-likeness (QED) is 0.882. The van der Waals surface area contributed by atoms with Gasteiger partial charge in [-0.2, -0.15) is 0 Å². The number of halogens is 1. The number of benzene rings is 1. The van der Waals surface area contributed by atoms with Crippen LogP contribution in [-0.4, -0.2) is 20.7 Å². The number of nitrogens with two attached hydrogens (primary N) is 1. The Balaban J connectivity index is 2.55. The van der Waals surface area contributed by atoms with E-state index in [0.717, 1.165) is 15.7 Å². The maximum absolute atomic E-state index is 10.7. The molecule has 0 aliphatic rings. The summed E-state index contributed by atoms with van der Waals surface area (Å²) >= 11 is 3.39. The van der Waals surface area contributed by atoms with Crippen molar-refractivity contribution in [2.45, 2.75) is 6.92 Å². The van der Waals surface area contributed by atoms with Crippen LogP contribution in [0.1, 0.15) is 5.56 Å². The molecule has 1 aromatic rings. The summed E-state index contributed by atoms with van der Waals surface area (Å²) in [6.07, 6.45) is 0. The lowest BCUT2D eigenvalue weighted by Crippen LogP contribution is -2.22. The van der Waals surface area contributed by atoms with Gasteiger partial charge in [0, 0.05) is 16.7 Å². The highest BCUT2D eigenvalue weighted by molar-refractivity contribution is 9.10. The van der Waals surface area contributed by atoms with Gasteiger partial charge in [-0.3, -0.25) is 0 Å². The first-order valence-corrected chi connectivity index (χ1v) is 6.90. The van der Waals surface area contributed by atoms with E-state index in [1.54, 1.807) is 0 Å². The molecule has 0 spiro atoms. The summed E-state index contributed by atoms with van der Waals surface area (Å²) in [5.41, 5.74) is 2.00. The lowest BCUT2D eigenvalue weighted by atomic mass is 10.2. The van der Waals surface area contributed by atoms with Gasteiger partial charge in [-0.25, -0.2) is 13.6 Å². The molecule has 0 saturated heterocycles. The normalized spacial score (nSPS) is 11.4. The molecule has 0 aromatic heterocycles. The fraction of sp³-hybridized carbons (Fsp3) is 0.333. The zero-order chi connectivity index (χ0) is 11.5. The third-order valence-corrected chi connectivity index (χ3v) is 3.52. The Bertz CT molecular complexity index is 445. The van der Waals surface area contributed by atoms with Crippen molar-refractivity contribution in [1.82, 2.24) is 0 Å². The third-order valence-electron chi connectivity index (χ3n) is 1.89. The number of anilines is 1. The van der Waals surface area contributed by atoms with Crippen LogP contribution in [0.2, 0.25) is 0 Å². The van der Waals surface area contributed by atoms with Gasteiger partial charge in [0.15, 0.2) is 0 Å². The van der Waals surface area contributed by atoms with E-state index in [-0.39, 0.29) is 5.75 Å². The summed E-state index contributed by atoms with van der Waals surface area (Å²) in [6, 6.07) is 5.74. The fourth-order valence-corrected chi connectivity index (χ4v) is 1.81. The minimum Gasteiger partial charge on any atom is -0.384 e. The molecule has 0 bridgehead atoms. The van der Waals surface area contributed by atoms with Crippen molar-refractivity contribution in [2.75, 3.05) is 17.6 Å². The first kappa shape index (κ1) is 12.5. The average Bonchev–Trinajstić information content (AvgIpc) is 2.09. The Morgan fingerprint density at radius 1 is 1.47 bits per heavy atom. The van der Waals surface area contributed by atoms with E-state index in [4.69, 9.17) is 5.14 Å².